The van der Waals surface area contributed by atoms with Crippen LogP contribution in [0, 0.1) is 0 Å². The maximum atomic E-state index is 8.68. The molecule has 0 saturated heterocycles. The van der Waals surface area contributed by atoms with Crippen LogP contribution >= 0.6 is 0 Å². The molecule has 0 spiro atoms. The highest BCUT2D eigenvalue weighted by Crippen LogP contribution is 2.00. The third kappa shape index (κ3) is 2.05. The molecular weight excluding hydrogens is 140 g/mol. The highest BCUT2D eigenvalue weighted by molar-refractivity contribution is 4.91. The number of aliphatic hydroxyl groups is 1. The minimum Gasteiger partial charge on any atom is -0.395 e. The number of hydrogen-bond donors (Lipinski definition) is 1. The molecule has 1 rings (SSSR count). The van der Waals surface area contributed by atoms with Crippen LogP contribution in [0.2, 0.25) is 0 Å². The molecule has 0 aliphatic heterocycles. The van der Waals surface area contributed by atoms with E-state index in [0.717, 1.165) is 18.7 Å². The number of aliphatic hydroxyl groups excluding tert-OH is 1. The van der Waals surface area contributed by atoms with E-state index < -0.39 is 0 Å². The first-order chi connectivity index (χ1) is 5.38. The molecule has 3 heteroatoms. The van der Waals surface area contributed by atoms with Crippen molar-refractivity contribution in [2.45, 2.75) is 26.3 Å². The molecular formula is C8H14N2O. The number of hydrogen-bond acceptors (Lipinski definition) is 2. The number of aromatic nitrogens is 2. The fraction of sp³-hybridized carbons (Fsp3) is 0.625. The average Bonchev–Trinajstić information content (AvgIpc) is 2.39. The van der Waals surface area contributed by atoms with Crippen molar-refractivity contribution >= 4 is 0 Å². The second-order valence-electron chi connectivity index (χ2n) is 2.51. The Hall–Kier alpha value is -0.830. The summed E-state index contributed by atoms with van der Waals surface area (Å²) in [5.41, 5.74) is 0. The quantitative estimate of drug-likeness (QED) is 0.697. The number of imidazole rings is 1. The molecule has 62 valence electrons. The van der Waals surface area contributed by atoms with Gasteiger partial charge in [0.2, 0.25) is 0 Å². The van der Waals surface area contributed by atoms with Gasteiger partial charge in [-0.1, -0.05) is 6.92 Å². The maximum Gasteiger partial charge on any atom is 0.108 e. The summed E-state index contributed by atoms with van der Waals surface area (Å²) < 4.78 is 1.99. The summed E-state index contributed by atoms with van der Waals surface area (Å²) in [6.07, 6.45) is 5.78. The summed E-state index contributed by atoms with van der Waals surface area (Å²) in [7, 11) is 0. The Balaban J connectivity index is 2.62. The Morgan fingerprint density at radius 3 is 3.09 bits per heavy atom. The lowest BCUT2D eigenvalue weighted by Gasteiger charge is -2.03. The SMILES string of the molecule is CCCc1nccn1CCO. The predicted molar refractivity (Wildman–Crippen MR) is 43.3 cm³/mol. The molecule has 0 fully saturated rings. The highest BCUT2D eigenvalue weighted by atomic mass is 16.3. The Labute approximate surface area is 66.7 Å². The van der Waals surface area contributed by atoms with Crippen LogP contribution in [-0.2, 0) is 13.0 Å². The summed E-state index contributed by atoms with van der Waals surface area (Å²) in [6, 6.07) is 0. The van der Waals surface area contributed by atoms with E-state index in [9.17, 15) is 0 Å². The molecule has 0 radical (unpaired) electrons. The minimum atomic E-state index is 0.188. The molecule has 11 heavy (non-hydrogen) atoms. The third-order valence-electron chi connectivity index (χ3n) is 1.62. The van der Waals surface area contributed by atoms with Crippen molar-refractivity contribution in [3.8, 4) is 0 Å². The van der Waals surface area contributed by atoms with E-state index in [1.165, 1.54) is 0 Å². The molecule has 0 saturated carbocycles. The van der Waals surface area contributed by atoms with Gasteiger partial charge in [-0.3, -0.25) is 0 Å². The smallest absolute Gasteiger partial charge is 0.108 e. The molecule has 3 nitrogen and oxygen atoms in total. The predicted octanol–water partition coefficient (Wildman–Crippen LogP) is 0.828. The second-order valence-corrected chi connectivity index (χ2v) is 2.51. The van der Waals surface area contributed by atoms with Gasteiger partial charge in [0.15, 0.2) is 0 Å². The average molecular weight is 154 g/mol. The number of rotatable bonds is 4. The molecule has 0 atom stereocenters. The number of nitrogens with zero attached hydrogens (tertiary/aromatic N) is 2. The first-order valence-corrected chi connectivity index (χ1v) is 3.99. The van der Waals surface area contributed by atoms with E-state index in [0.29, 0.717) is 6.54 Å². The van der Waals surface area contributed by atoms with Crippen LogP contribution in [0.15, 0.2) is 12.4 Å². The van der Waals surface area contributed by atoms with Gasteiger partial charge in [0, 0.05) is 25.4 Å². The largest absolute Gasteiger partial charge is 0.395 e. The standard InChI is InChI=1S/C8H14N2O/c1-2-3-8-9-4-5-10(8)6-7-11/h4-5,11H,2-3,6-7H2,1H3. The highest BCUT2D eigenvalue weighted by Gasteiger charge is 1.98. The van der Waals surface area contributed by atoms with Gasteiger partial charge >= 0.3 is 0 Å². The third-order valence-corrected chi connectivity index (χ3v) is 1.62. The molecule has 0 aliphatic rings. The van der Waals surface area contributed by atoms with Gasteiger partial charge in [-0.25, -0.2) is 4.98 Å². The lowest BCUT2D eigenvalue weighted by atomic mass is 10.3. The fourth-order valence-electron chi connectivity index (χ4n) is 1.10. The van der Waals surface area contributed by atoms with Gasteiger partial charge in [-0.15, -0.1) is 0 Å². The molecule has 1 aromatic heterocycles. The summed E-state index contributed by atoms with van der Waals surface area (Å²) >= 11 is 0. The number of aryl methyl sites for hydroxylation is 1. The first kappa shape index (κ1) is 8.27. The first-order valence-electron chi connectivity index (χ1n) is 3.99. The van der Waals surface area contributed by atoms with Gasteiger partial charge in [-0.2, -0.15) is 0 Å². The zero-order valence-corrected chi connectivity index (χ0v) is 6.82. The Morgan fingerprint density at radius 2 is 2.45 bits per heavy atom. The summed E-state index contributed by atoms with van der Waals surface area (Å²) in [6.45, 7) is 2.97. The van der Waals surface area contributed by atoms with Crippen molar-refractivity contribution in [3.05, 3.63) is 18.2 Å². The van der Waals surface area contributed by atoms with E-state index in [2.05, 4.69) is 11.9 Å². The molecule has 1 aromatic rings. The van der Waals surface area contributed by atoms with Crippen molar-refractivity contribution in [2.75, 3.05) is 6.61 Å². The zero-order valence-electron chi connectivity index (χ0n) is 6.82. The normalized spacial score (nSPS) is 10.4. The maximum absolute atomic E-state index is 8.68. The summed E-state index contributed by atoms with van der Waals surface area (Å²) in [5.74, 6) is 1.07. The van der Waals surface area contributed by atoms with Crippen molar-refractivity contribution < 1.29 is 5.11 Å². The van der Waals surface area contributed by atoms with Gasteiger partial charge in [0.05, 0.1) is 6.61 Å². The molecule has 0 aliphatic carbocycles. The Bertz CT molecular complexity index is 187. The molecule has 1 heterocycles. The monoisotopic (exact) mass is 154 g/mol. The van der Waals surface area contributed by atoms with E-state index in [1.807, 2.05) is 10.8 Å². The lowest BCUT2D eigenvalue weighted by Crippen LogP contribution is -2.05. The molecule has 0 aromatic carbocycles. The summed E-state index contributed by atoms with van der Waals surface area (Å²) in [4.78, 5) is 4.18. The van der Waals surface area contributed by atoms with Crippen LogP contribution in [0.4, 0.5) is 0 Å². The molecule has 1 N–H and O–H groups in total. The van der Waals surface area contributed by atoms with Crippen LogP contribution in [0.25, 0.3) is 0 Å². The zero-order chi connectivity index (χ0) is 8.10. The van der Waals surface area contributed by atoms with Gasteiger partial charge in [0.25, 0.3) is 0 Å². The Morgan fingerprint density at radius 1 is 1.64 bits per heavy atom. The van der Waals surface area contributed by atoms with Gasteiger partial charge < -0.3 is 9.67 Å². The van der Waals surface area contributed by atoms with Crippen molar-refractivity contribution in [2.24, 2.45) is 0 Å². The minimum absolute atomic E-state index is 0.188. The molecule has 0 amide bonds. The van der Waals surface area contributed by atoms with E-state index in [-0.39, 0.29) is 6.61 Å². The van der Waals surface area contributed by atoms with E-state index in [4.69, 9.17) is 5.11 Å². The summed E-state index contributed by atoms with van der Waals surface area (Å²) in [5, 5.41) is 8.68. The van der Waals surface area contributed by atoms with Crippen LogP contribution in [-0.4, -0.2) is 21.3 Å². The van der Waals surface area contributed by atoms with Crippen LogP contribution in [0.3, 0.4) is 0 Å². The van der Waals surface area contributed by atoms with Crippen molar-refractivity contribution in [3.63, 3.8) is 0 Å². The van der Waals surface area contributed by atoms with Gasteiger partial charge in [0.1, 0.15) is 5.82 Å². The lowest BCUT2D eigenvalue weighted by molar-refractivity contribution is 0.274. The topological polar surface area (TPSA) is 38.0 Å². The Kier molecular flexibility index (Phi) is 3.11. The molecule has 0 bridgehead atoms. The van der Waals surface area contributed by atoms with E-state index in [1.54, 1.807) is 6.20 Å². The van der Waals surface area contributed by atoms with Crippen LogP contribution < -0.4 is 0 Å². The van der Waals surface area contributed by atoms with Gasteiger partial charge in [-0.05, 0) is 6.42 Å². The van der Waals surface area contributed by atoms with Crippen molar-refractivity contribution in [1.82, 2.24) is 9.55 Å². The van der Waals surface area contributed by atoms with Crippen LogP contribution in [0.5, 0.6) is 0 Å². The van der Waals surface area contributed by atoms with E-state index >= 15 is 0 Å². The molecule has 0 unspecified atom stereocenters. The fourth-order valence-corrected chi connectivity index (χ4v) is 1.10. The second kappa shape index (κ2) is 4.13. The van der Waals surface area contributed by atoms with Crippen LogP contribution in [0.1, 0.15) is 19.2 Å². The van der Waals surface area contributed by atoms with Crippen molar-refractivity contribution in [1.29, 1.82) is 0 Å².